The maximum atomic E-state index is 2.44. The van der Waals surface area contributed by atoms with Crippen molar-refractivity contribution in [1.29, 1.82) is 0 Å². The van der Waals surface area contributed by atoms with Crippen molar-refractivity contribution in [3.8, 4) is 66.8 Å². The zero-order valence-corrected chi connectivity index (χ0v) is 34.8. The average molecular weight is 802 g/mol. The van der Waals surface area contributed by atoms with Crippen LogP contribution in [0, 0.1) is 0 Å². The van der Waals surface area contributed by atoms with Crippen LogP contribution >= 0.6 is 0 Å². The summed E-state index contributed by atoms with van der Waals surface area (Å²) in [5.41, 5.74) is 17.5. The molecule has 0 saturated heterocycles. The Hall–Kier alpha value is -8.26. The van der Waals surface area contributed by atoms with Gasteiger partial charge >= 0.3 is 0 Å². The maximum absolute atomic E-state index is 2.44. The number of hydrogen-bond donors (Lipinski definition) is 0. The number of hydrogen-bond acceptors (Lipinski definition) is 1. The van der Waals surface area contributed by atoms with E-state index in [1.54, 1.807) is 0 Å². The Labute approximate surface area is 369 Å². The second-order valence-electron chi connectivity index (χ2n) is 16.1. The molecule has 1 heteroatoms. The molecule has 0 bridgehead atoms. The lowest BCUT2D eigenvalue weighted by Gasteiger charge is -2.29. The van der Waals surface area contributed by atoms with E-state index in [1.165, 1.54) is 71.6 Å². The van der Waals surface area contributed by atoms with Gasteiger partial charge in [0.25, 0.3) is 0 Å². The summed E-state index contributed by atoms with van der Waals surface area (Å²) in [5.74, 6) is 0. The first-order valence-electron chi connectivity index (χ1n) is 21.7. The van der Waals surface area contributed by atoms with E-state index in [1.807, 2.05) is 0 Å². The molecule has 0 amide bonds. The first kappa shape index (κ1) is 37.7. The minimum absolute atomic E-state index is 1.08. The zero-order valence-electron chi connectivity index (χ0n) is 34.8. The normalized spacial score (nSPS) is 11.2. The average Bonchev–Trinajstić information content (AvgIpc) is 3.37. The van der Waals surface area contributed by atoms with Gasteiger partial charge in [0, 0.05) is 16.9 Å². The molecule has 0 heterocycles. The van der Waals surface area contributed by atoms with Crippen LogP contribution in [0.1, 0.15) is 0 Å². The van der Waals surface area contributed by atoms with Gasteiger partial charge in [-0.05, 0) is 125 Å². The van der Waals surface area contributed by atoms with Crippen molar-refractivity contribution in [1.82, 2.24) is 0 Å². The molecule has 296 valence electrons. The van der Waals surface area contributed by atoms with Crippen LogP contribution in [0.4, 0.5) is 17.1 Å². The highest BCUT2D eigenvalue weighted by atomic mass is 15.1. The molecule has 0 N–H and O–H groups in total. The fourth-order valence-electron chi connectivity index (χ4n) is 9.18. The maximum Gasteiger partial charge on any atom is 0.0540 e. The van der Waals surface area contributed by atoms with Crippen molar-refractivity contribution in [2.24, 2.45) is 0 Å². The number of para-hydroxylation sites is 1. The van der Waals surface area contributed by atoms with E-state index in [0.29, 0.717) is 0 Å². The van der Waals surface area contributed by atoms with Crippen molar-refractivity contribution in [3.63, 3.8) is 0 Å². The molecule has 0 radical (unpaired) electrons. The predicted octanol–water partition coefficient (Wildman–Crippen LogP) is 17.5. The standard InChI is InChI=1S/C62H43N/c1-3-17-44(18-4-1)52-37-40-59(61(43-52)58-29-12-11-28-57(58)46-20-5-2-6-21-46)60-30-13-14-32-62(60)63(53-38-35-48(36-39-53)56-31-16-24-47-22-9-10-27-55(47)56)54-26-15-25-50(42-54)51-34-33-45-19-7-8-23-49(45)41-51/h1-43H. The van der Waals surface area contributed by atoms with Gasteiger partial charge in [-0.3, -0.25) is 0 Å². The van der Waals surface area contributed by atoms with Crippen LogP contribution in [0.2, 0.25) is 0 Å². The molecule has 0 spiro atoms. The quantitative estimate of drug-likeness (QED) is 0.141. The number of anilines is 3. The van der Waals surface area contributed by atoms with Crippen LogP contribution in [-0.4, -0.2) is 0 Å². The van der Waals surface area contributed by atoms with Gasteiger partial charge in [0.2, 0.25) is 0 Å². The molecule has 0 fully saturated rings. The molecule has 0 aliphatic heterocycles. The molecular weight excluding hydrogens is 759 g/mol. The third-order valence-electron chi connectivity index (χ3n) is 12.3. The number of fused-ring (bicyclic) bond motifs is 2. The highest BCUT2D eigenvalue weighted by Gasteiger charge is 2.22. The van der Waals surface area contributed by atoms with Gasteiger partial charge in [-0.25, -0.2) is 0 Å². The van der Waals surface area contributed by atoms with Gasteiger partial charge in [-0.15, -0.1) is 0 Å². The first-order chi connectivity index (χ1) is 31.2. The van der Waals surface area contributed by atoms with E-state index >= 15 is 0 Å². The number of nitrogens with zero attached hydrogens (tertiary/aromatic N) is 1. The van der Waals surface area contributed by atoms with Gasteiger partial charge in [0.15, 0.2) is 0 Å². The van der Waals surface area contributed by atoms with Crippen LogP contribution in [0.3, 0.4) is 0 Å². The van der Waals surface area contributed by atoms with E-state index in [9.17, 15) is 0 Å². The Bertz CT molecular complexity index is 3380. The third kappa shape index (κ3) is 7.37. The second-order valence-corrected chi connectivity index (χ2v) is 16.1. The summed E-state index contributed by atoms with van der Waals surface area (Å²) in [7, 11) is 0. The minimum Gasteiger partial charge on any atom is -0.310 e. The van der Waals surface area contributed by atoms with Crippen LogP contribution in [0.5, 0.6) is 0 Å². The lowest BCUT2D eigenvalue weighted by molar-refractivity contribution is 1.28. The van der Waals surface area contributed by atoms with Gasteiger partial charge in [-0.2, -0.15) is 0 Å². The van der Waals surface area contributed by atoms with E-state index in [2.05, 4.69) is 266 Å². The molecule has 0 atom stereocenters. The van der Waals surface area contributed by atoms with E-state index in [4.69, 9.17) is 0 Å². The molecule has 11 rings (SSSR count). The first-order valence-corrected chi connectivity index (χ1v) is 21.7. The van der Waals surface area contributed by atoms with Gasteiger partial charge in [0.05, 0.1) is 5.69 Å². The topological polar surface area (TPSA) is 3.24 Å². The van der Waals surface area contributed by atoms with Crippen LogP contribution in [-0.2, 0) is 0 Å². The largest absolute Gasteiger partial charge is 0.310 e. The molecule has 11 aromatic rings. The van der Waals surface area contributed by atoms with Gasteiger partial charge in [-0.1, -0.05) is 218 Å². The lowest BCUT2D eigenvalue weighted by atomic mass is 9.86. The van der Waals surface area contributed by atoms with E-state index in [-0.39, 0.29) is 0 Å². The van der Waals surface area contributed by atoms with Crippen molar-refractivity contribution in [2.75, 3.05) is 4.90 Å². The highest BCUT2D eigenvalue weighted by molar-refractivity contribution is 6.00. The van der Waals surface area contributed by atoms with Crippen LogP contribution in [0.25, 0.3) is 88.3 Å². The summed E-state index contributed by atoms with van der Waals surface area (Å²) in [6, 6.07) is 94.8. The zero-order chi connectivity index (χ0) is 42.0. The fraction of sp³-hybridized carbons (Fsp3) is 0. The summed E-state index contributed by atoms with van der Waals surface area (Å²) in [4.78, 5) is 2.44. The number of benzene rings is 11. The molecule has 11 aromatic carbocycles. The van der Waals surface area contributed by atoms with E-state index < -0.39 is 0 Å². The molecule has 0 aliphatic rings. The lowest BCUT2D eigenvalue weighted by Crippen LogP contribution is -2.11. The number of rotatable bonds is 9. The SMILES string of the molecule is c1ccc(-c2ccc(-c3ccccc3N(c3ccc(-c4cccc5ccccc45)cc3)c3cccc(-c4ccc5ccccc5c4)c3)c(-c3ccccc3-c3ccccc3)c2)cc1. The Morgan fingerprint density at radius 1 is 0.206 bits per heavy atom. The predicted molar refractivity (Wildman–Crippen MR) is 269 cm³/mol. The third-order valence-corrected chi connectivity index (χ3v) is 12.3. The second kappa shape index (κ2) is 16.7. The molecule has 0 saturated carbocycles. The van der Waals surface area contributed by atoms with Crippen LogP contribution in [0.15, 0.2) is 261 Å². The Morgan fingerprint density at radius 2 is 0.714 bits per heavy atom. The summed E-state index contributed by atoms with van der Waals surface area (Å²) in [6.07, 6.45) is 0. The summed E-state index contributed by atoms with van der Waals surface area (Å²) in [5, 5.41) is 4.96. The van der Waals surface area contributed by atoms with Crippen LogP contribution < -0.4 is 4.90 Å². The monoisotopic (exact) mass is 801 g/mol. The molecule has 0 aromatic heterocycles. The van der Waals surface area contributed by atoms with Crippen molar-refractivity contribution < 1.29 is 0 Å². The highest BCUT2D eigenvalue weighted by Crippen LogP contribution is 2.47. The van der Waals surface area contributed by atoms with E-state index in [0.717, 1.165) is 33.8 Å². The molecule has 63 heavy (non-hydrogen) atoms. The van der Waals surface area contributed by atoms with Gasteiger partial charge < -0.3 is 4.90 Å². The molecule has 0 unspecified atom stereocenters. The van der Waals surface area contributed by atoms with Crippen molar-refractivity contribution in [3.05, 3.63) is 261 Å². The van der Waals surface area contributed by atoms with Crippen molar-refractivity contribution in [2.45, 2.75) is 0 Å². The summed E-state index contributed by atoms with van der Waals surface area (Å²) < 4.78 is 0. The Balaban J connectivity index is 1.12. The van der Waals surface area contributed by atoms with Gasteiger partial charge in [0.1, 0.15) is 0 Å². The Kier molecular flexibility index (Phi) is 9.97. The fourth-order valence-corrected chi connectivity index (χ4v) is 9.18. The minimum atomic E-state index is 1.08. The smallest absolute Gasteiger partial charge is 0.0540 e. The molecule has 1 nitrogen and oxygen atoms in total. The summed E-state index contributed by atoms with van der Waals surface area (Å²) >= 11 is 0. The molecule has 0 aliphatic carbocycles. The summed E-state index contributed by atoms with van der Waals surface area (Å²) in [6.45, 7) is 0. The molecular formula is C62H43N. The van der Waals surface area contributed by atoms with Crippen molar-refractivity contribution >= 4 is 38.6 Å². The Morgan fingerprint density at radius 3 is 1.52 bits per heavy atom.